The Balaban J connectivity index is 2.61. The maximum Gasteiger partial charge on any atom is 0.408 e. The number of hydrogen-bond acceptors (Lipinski definition) is 6. The lowest BCUT2D eigenvalue weighted by molar-refractivity contribution is -0.144. The third-order valence-electron chi connectivity index (χ3n) is 6.56. The summed E-state index contributed by atoms with van der Waals surface area (Å²) in [5, 5.41) is 5.44. The van der Waals surface area contributed by atoms with Crippen LogP contribution in [0, 0.1) is 12.8 Å². The van der Waals surface area contributed by atoms with Gasteiger partial charge in [0.2, 0.25) is 11.8 Å². The van der Waals surface area contributed by atoms with Gasteiger partial charge in [0.15, 0.2) is 0 Å². The summed E-state index contributed by atoms with van der Waals surface area (Å²) in [6, 6.07) is 11.3. The highest BCUT2D eigenvalue weighted by molar-refractivity contribution is 5.99. The zero-order chi connectivity index (χ0) is 31.6. The number of rotatable bonds is 13. The summed E-state index contributed by atoms with van der Waals surface area (Å²) in [4.78, 5) is 54.6. The van der Waals surface area contributed by atoms with Gasteiger partial charge in [-0.3, -0.25) is 14.4 Å². The minimum absolute atomic E-state index is 0.344. The first-order valence-electron chi connectivity index (χ1n) is 14.2. The fraction of sp³-hybridized carbons (Fsp3) is 0.500. The van der Waals surface area contributed by atoms with Crippen molar-refractivity contribution in [3.63, 3.8) is 0 Å². The molecule has 0 heterocycles. The molecule has 0 saturated carbocycles. The standard InChI is InChI=1S/C32H46N4O6/c1-20(2)9-12-22(4)36(30(39)26(19-27(33)37)35-31(40)42-32(5,6)7)28(23-13-10-21(3)11-14-23)29(38)34-24-15-17-25(41-8)18-16-24/h10-11,13-18,20,22,26,28H,9,12,19H2,1-8H3,(H2,33,37)(H,34,38)(H,35,40). The Morgan fingerprint density at radius 2 is 1.52 bits per heavy atom. The second-order valence-corrected chi connectivity index (χ2v) is 12.0. The molecule has 0 radical (unpaired) electrons. The highest BCUT2D eigenvalue weighted by Gasteiger charge is 2.39. The van der Waals surface area contributed by atoms with E-state index in [2.05, 4.69) is 24.5 Å². The molecule has 0 saturated heterocycles. The number of carbonyl (C=O) groups is 4. The maximum absolute atomic E-state index is 14.3. The van der Waals surface area contributed by atoms with Crippen LogP contribution in [0.3, 0.4) is 0 Å². The Morgan fingerprint density at radius 3 is 2.02 bits per heavy atom. The molecule has 0 spiro atoms. The molecule has 0 aromatic heterocycles. The van der Waals surface area contributed by atoms with Gasteiger partial charge in [0.25, 0.3) is 5.91 Å². The third-order valence-corrected chi connectivity index (χ3v) is 6.56. The van der Waals surface area contributed by atoms with Crippen molar-refractivity contribution in [3.05, 3.63) is 59.7 Å². The van der Waals surface area contributed by atoms with E-state index in [1.807, 2.05) is 26.0 Å². The minimum Gasteiger partial charge on any atom is -0.497 e. The van der Waals surface area contributed by atoms with Crippen LogP contribution in [-0.4, -0.2) is 53.5 Å². The molecule has 42 heavy (non-hydrogen) atoms. The molecule has 230 valence electrons. The number of nitrogens with zero attached hydrogens (tertiary/aromatic N) is 1. The van der Waals surface area contributed by atoms with Crippen LogP contribution in [-0.2, 0) is 19.1 Å². The molecule has 0 bridgehead atoms. The second-order valence-electron chi connectivity index (χ2n) is 12.0. The molecule has 2 aromatic carbocycles. The first-order chi connectivity index (χ1) is 19.6. The second kappa shape index (κ2) is 15.2. The zero-order valence-electron chi connectivity index (χ0n) is 26.0. The van der Waals surface area contributed by atoms with E-state index in [9.17, 15) is 19.2 Å². The Hall–Kier alpha value is -4.08. The normalized spacial score (nSPS) is 13.5. The lowest BCUT2D eigenvalue weighted by Gasteiger charge is -2.38. The first kappa shape index (κ1) is 34.1. The van der Waals surface area contributed by atoms with Crippen LogP contribution in [0.15, 0.2) is 48.5 Å². The highest BCUT2D eigenvalue weighted by atomic mass is 16.6. The maximum atomic E-state index is 14.3. The van der Waals surface area contributed by atoms with Crippen LogP contribution in [0.5, 0.6) is 5.75 Å². The van der Waals surface area contributed by atoms with E-state index in [0.29, 0.717) is 29.3 Å². The van der Waals surface area contributed by atoms with Crippen molar-refractivity contribution in [2.75, 3.05) is 12.4 Å². The summed E-state index contributed by atoms with van der Waals surface area (Å²) in [5.74, 6) is -0.884. The molecule has 10 heteroatoms. The van der Waals surface area contributed by atoms with Gasteiger partial charge in [-0.1, -0.05) is 43.7 Å². The SMILES string of the molecule is COc1ccc(NC(=O)C(c2ccc(C)cc2)N(C(=O)C(CC(N)=O)NC(=O)OC(C)(C)C)C(C)CCC(C)C)cc1. The largest absolute Gasteiger partial charge is 0.497 e. The number of alkyl carbamates (subject to hydrolysis) is 1. The number of aryl methyl sites for hydroxylation is 1. The lowest BCUT2D eigenvalue weighted by atomic mass is 9.96. The Bertz CT molecular complexity index is 1210. The van der Waals surface area contributed by atoms with Crippen molar-refractivity contribution >= 4 is 29.5 Å². The van der Waals surface area contributed by atoms with Crippen molar-refractivity contribution in [1.29, 1.82) is 0 Å². The predicted octanol–water partition coefficient (Wildman–Crippen LogP) is 5.11. The van der Waals surface area contributed by atoms with Gasteiger partial charge in [-0.05, 0) is 83.2 Å². The number of amides is 4. The van der Waals surface area contributed by atoms with Gasteiger partial charge in [0.1, 0.15) is 23.4 Å². The van der Waals surface area contributed by atoms with Gasteiger partial charge >= 0.3 is 6.09 Å². The van der Waals surface area contributed by atoms with Crippen LogP contribution < -0.4 is 21.1 Å². The van der Waals surface area contributed by atoms with Crippen LogP contribution in [0.25, 0.3) is 0 Å². The molecule has 10 nitrogen and oxygen atoms in total. The molecule has 0 aliphatic heterocycles. The summed E-state index contributed by atoms with van der Waals surface area (Å²) in [6.07, 6.45) is 0.0289. The fourth-order valence-electron chi connectivity index (χ4n) is 4.42. The van der Waals surface area contributed by atoms with E-state index < -0.39 is 54.0 Å². The molecule has 4 N–H and O–H groups in total. The summed E-state index contributed by atoms with van der Waals surface area (Å²) in [5.41, 5.74) is 6.74. The average Bonchev–Trinajstić information content (AvgIpc) is 2.89. The van der Waals surface area contributed by atoms with Crippen molar-refractivity contribution in [1.82, 2.24) is 10.2 Å². The molecule has 2 aromatic rings. The molecule has 0 fully saturated rings. The topological polar surface area (TPSA) is 140 Å². The highest BCUT2D eigenvalue weighted by Crippen LogP contribution is 2.29. The molecule has 3 unspecified atom stereocenters. The summed E-state index contributed by atoms with van der Waals surface area (Å²) >= 11 is 0. The van der Waals surface area contributed by atoms with Crippen molar-refractivity contribution in [2.24, 2.45) is 11.7 Å². The molecule has 2 rings (SSSR count). The van der Waals surface area contributed by atoms with E-state index in [4.69, 9.17) is 15.2 Å². The fourth-order valence-corrected chi connectivity index (χ4v) is 4.42. The molecular weight excluding hydrogens is 536 g/mol. The smallest absolute Gasteiger partial charge is 0.408 e. The van der Waals surface area contributed by atoms with E-state index in [-0.39, 0.29) is 0 Å². The van der Waals surface area contributed by atoms with Crippen LogP contribution in [0.2, 0.25) is 0 Å². The Kier molecular flexibility index (Phi) is 12.4. The van der Waals surface area contributed by atoms with Gasteiger partial charge in [0, 0.05) is 11.7 Å². The molecule has 0 aliphatic carbocycles. The van der Waals surface area contributed by atoms with Crippen LogP contribution in [0.4, 0.5) is 10.5 Å². The Morgan fingerprint density at radius 1 is 0.929 bits per heavy atom. The van der Waals surface area contributed by atoms with E-state index in [0.717, 1.165) is 12.0 Å². The van der Waals surface area contributed by atoms with Gasteiger partial charge in [-0.2, -0.15) is 0 Å². The number of benzene rings is 2. The predicted molar refractivity (Wildman–Crippen MR) is 163 cm³/mol. The van der Waals surface area contributed by atoms with Crippen molar-refractivity contribution in [3.8, 4) is 5.75 Å². The quantitative estimate of drug-likeness (QED) is 0.300. The van der Waals surface area contributed by atoms with Crippen LogP contribution >= 0.6 is 0 Å². The van der Waals surface area contributed by atoms with E-state index >= 15 is 0 Å². The number of nitrogens with two attached hydrogens (primary N) is 1. The molecule has 4 amide bonds. The summed E-state index contributed by atoms with van der Waals surface area (Å²) in [6.45, 7) is 13.0. The number of anilines is 1. The number of ether oxygens (including phenoxy) is 2. The van der Waals surface area contributed by atoms with Gasteiger partial charge in [-0.25, -0.2) is 4.79 Å². The number of nitrogens with one attached hydrogen (secondary N) is 2. The molecular formula is C32H46N4O6. The van der Waals surface area contributed by atoms with Gasteiger partial charge in [0.05, 0.1) is 13.5 Å². The first-order valence-corrected chi connectivity index (χ1v) is 14.2. The van der Waals surface area contributed by atoms with Crippen molar-refractivity contribution in [2.45, 2.75) is 91.5 Å². The number of methoxy groups -OCH3 is 1. The van der Waals surface area contributed by atoms with Crippen molar-refractivity contribution < 1.29 is 28.7 Å². The minimum atomic E-state index is -1.35. The molecule has 0 aliphatic rings. The van der Waals surface area contributed by atoms with Gasteiger partial charge in [-0.15, -0.1) is 0 Å². The average molecular weight is 583 g/mol. The summed E-state index contributed by atoms with van der Waals surface area (Å²) in [7, 11) is 1.55. The van der Waals surface area contributed by atoms with E-state index in [1.165, 1.54) is 4.90 Å². The third kappa shape index (κ3) is 10.7. The number of carbonyl (C=O) groups excluding carboxylic acids is 4. The molecule has 3 atom stereocenters. The number of hydrogen-bond donors (Lipinski definition) is 3. The summed E-state index contributed by atoms with van der Waals surface area (Å²) < 4.78 is 10.6. The number of primary amides is 1. The monoisotopic (exact) mass is 582 g/mol. The van der Waals surface area contributed by atoms with Gasteiger partial charge < -0.3 is 30.7 Å². The Labute approximate surface area is 249 Å². The zero-order valence-corrected chi connectivity index (χ0v) is 26.0. The lowest BCUT2D eigenvalue weighted by Crippen LogP contribution is -2.55. The van der Waals surface area contributed by atoms with E-state index in [1.54, 1.807) is 64.3 Å². The van der Waals surface area contributed by atoms with Crippen LogP contribution in [0.1, 0.15) is 78.0 Å².